The molecule has 0 aliphatic carbocycles. The molecule has 1 N–H and O–H groups in total. The van der Waals surface area contributed by atoms with Gasteiger partial charge in [-0.25, -0.2) is 0 Å². The van der Waals surface area contributed by atoms with Gasteiger partial charge in [0.2, 0.25) is 11.8 Å². The molecule has 2 aromatic heterocycles. The lowest BCUT2D eigenvalue weighted by Crippen LogP contribution is -1.99. The highest BCUT2D eigenvalue weighted by molar-refractivity contribution is 6.30. The van der Waals surface area contributed by atoms with E-state index in [1.54, 1.807) is 18.2 Å². The Morgan fingerprint density at radius 1 is 1.20 bits per heavy atom. The smallest absolute Gasteiger partial charge is 0.247 e. The van der Waals surface area contributed by atoms with E-state index in [9.17, 15) is 0 Å². The molecule has 0 spiro atoms. The molecule has 0 bridgehead atoms. The molecule has 0 atom stereocenters. The summed E-state index contributed by atoms with van der Waals surface area (Å²) in [5.74, 6) is 2.29. The van der Waals surface area contributed by atoms with E-state index in [-0.39, 0.29) is 0 Å². The minimum Gasteiger partial charge on any atom is -0.419 e. The molecule has 0 amide bonds. The molecule has 0 radical (unpaired) electrons. The molecule has 102 valence electrons. The first-order valence-electron chi connectivity index (χ1n) is 5.96. The van der Waals surface area contributed by atoms with Crippen LogP contribution in [0.15, 0.2) is 39.3 Å². The van der Waals surface area contributed by atoms with Gasteiger partial charge in [0.15, 0.2) is 5.82 Å². The summed E-state index contributed by atoms with van der Waals surface area (Å²) >= 11 is 5.83. The number of nitrogens with one attached hydrogen (secondary N) is 1. The average molecular weight is 291 g/mol. The largest absolute Gasteiger partial charge is 0.419 e. The number of rotatable bonds is 4. The van der Waals surface area contributed by atoms with Gasteiger partial charge >= 0.3 is 0 Å². The quantitative estimate of drug-likeness (QED) is 0.794. The zero-order valence-electron chi connectivity index (χ0n) is 10.6. The van der Waals surface area contributed by atoms with E-state index in [1.807, 2.05) is 19.1 Å². The standard InChI is InChI=1S/C13H11ClN4O2/c1-8-6-11(18-20-8)15-7-12-16-17-13(19-12)9-2-4-10(14)5-3-9/h2-6H,7H2,1H3,(H,15,18). The lowest BCUT2D eigenvalue weighted by molar-refractivity contribution is 0.399. The van der Waals surface area contributed by atoms with Crippen LogP contribution in [0.5, 0.6) is 0 Å². The van der Waals surface area contributed by atoms with E-state index in [0.717, 1.165) is 11.3 Å². The molecular formula is C13H11ClN4O2. The van der Waals surface area contributed by atoms with Crippen LogP contribution in [-0.2, 0) is 6.54 Å². The van der Waals surface area contributed by atoms with Gasteiger partial charge < -0.3 is 14.3 Å². The molecular weight excluding hydrogens is 280 g/mol. The molecule has 7 heteroatoms. The fourth-order valence-electron chi connectivity index (χ4n) is 1.65. The van der Waals surface area contributed by atoms with Crippen molar-refractivity contribution < 1.29 is 8.94 Å². The number of anilines is 1. The lowest BCUT2D eigenvalue weighted by Gasteiger charge is -1.96. The van der Waals surface area contributed by atoms with Crippen LogP contribution in [0, 0.1) is 6.92 Å². The van der Waals surface area contributed by atoms with Crippen LogP contribution in [-0.4, -0.2) is 15.4 Å². The van der Waals surface area contributed by atoms with Gasteiger partial charge in [-0.05, 0) is 31.2 Å². The molecule has 3 aromatic rings. The zero-order valence-corrected chi connectivity index (χ0v) is 11.4. The number of hydrogen-bond acceptors (Lipinski definition) is 6. The Balaban J connectivity index is 1.69. The molecule has 0 unspecified atom stereocenters. The number of aryl methyl sites for hydroxylation is 1. The van der Waals surface area contributed by atoms with Gasteiger partial charge in [0.25, 0.3) is 0 Å². The maximum absolute atomic E-state index is 5.83. The van der Waals surface area contributed by atoms with Crippen molar-refractivity contribution in [3.05, 3.63) is 47.0 Å². The second kappa shape index (κ2) is 5.34. The second-order valence-corrected chi connectivity index (χ2v) is 4.62. The fourth-order valence-corrected chi connectivity index (χ4v) is 1.78. The Morgan fingerprint density at radius 2 is 2.00 bits per heavy atom. The van der Waals surface area contributed by atoms with E-state index >= 15 is 0 Å². The summed E-state index contributed by atoms with van der Waals surface area (Å²) in [4.78, 5) is 0. The first kappa shape index (κ1) is 12.7. The average Bonchev–Trinajstić information content (AvgIpc) is 3.06. The first-order chi connectivity index (χ1) is 9.70. The summed E-state index contributed by atoms with van der Waals surface area (Å²) in [6.07, 6.45) is 0. The SMILES string of the molecule is Cc1cc(NCc2nnc(-c3ccc(Cl)cc3)o2)no1. The van der Waals surface area contributed by atoms with E-state index in [1.165, 1.54) is 0 Å². The third-order valence-electron chi connectivity index (χ3n) is 2.61. The van der Waals surface area contributed by atoms with Crippen molar-refractivity contribution in [2.24, 2.45) is 0 Å². The highest BCUT2D eigenvalue weighted by Gasteiger charge is 2.09. The van der Waals surface area contributed by atoms with Crippen LogP contribution in [0.4, 0.5) is 5.82 Å². The van der Waals surface area contributed by atoms with E-state index in [2.05, 4.69) is 20.7 Å². The molecule has 1 aromatic carbocycles. The number of aromatic nitrogens is 3. The Morgan fingerprint density at radius 3 is 2.70 bits per heavy atom. The molecule has 3 rings (SSSR count). The first-order valence-corrected chi connectivity index (χ1v) is 6.34. The zero-order chi connectivity index (χ0) is 13.9. The predicted octanol–water partition coefficient (Wildman–Crippen LogP) is 3.30. The van der Waals surface area contributed by atoms with E-state index in [0.29, 0.717) is 29.2 Å². The number of halogens is 1. The summed E-state index contributed by atoms with van der Waals surface area (Å²) in [5, 5.41) is 15.5. The molecule has 0 aliphatic rings. The Hall–Kier alpha value is -2.34. The Bertz CT molecular complexity index is 705. The van der Waals surface area contributed by atoms with Gasteiger partial charge in [0.1, 0.15) is 5.76 Å². The highest BCUT2D eigenvalue weighted by atomic mass is 35.5. The second-order valence-electron chi connectivity index (χ2n) is 4.18. The number of hydrogen-bond donors (Lipinski definition) is 1. The third-order valence-corrected chi connectivity index (χ3v) is 2.86. The normalized spacial score (nSPS) is 10.7. The fraction of sp³-hybridized carbons (Fsp3) is 0.154. The van der Waals surface area contributed by atoms with Crippen LogP contribution in [0.2, 0.25) is 5.02 Å². The molecule has 20 heavy (non-hydrogen) atoms. The van der Waals surface area contributed by atoms with Crippen LogP contribution < -0.4 is 5.32 Å². The Kier molecular flexibility index (Phi) is 3.39. The van der Waals surface area contributed by atoms with Gasteiger partial charge in [0.05, 0.1) is 6.54 Å². The third kappa shape index (κ3) is 2.80. The van der Waals surface area contributed by atoms with E-state index in [4.69, 9.17) is 20.5 Å². The van der Waals surface area contributed by atoms with Crippen LogP contribution in [0.3, 0.4) is 0 Å². The Labute approximate surface area is 119 Å². The highest BCUT2D eigenvalue weighted by Crippen LogP contribution is 2.20. The maximum Gasteiger partial charge on any atom is 0.247 e. The molecule has 0 saturated carbocycles. The van der Waals surface area contributed by atoms with Crippen LogP contribution >= 0.6 is 11.6 Å². The topological polar surface area (TPSA) is 77.0 Å². The van der Waals surface area contributed by atoms with Crippen molar-refractivity contribution in [2.45, 2.75) is 13.5 Å². The van der Waals surface area contributed by atoms with Gasteiger partial charge in [-0.15, -0.1) is 10.2 Å². The van der Waals surface area contributed by atoms with Crippen molar-refractivity contribution in [1.82, 2.24) is 15.4 Å². The van der Waals surface area contributed by atoms with Gasteiger partial charge in [-0.2, -0.15) is 0 Å². The van der Waals surface area contributed by atoms with Gasteiger partial charge in [-0.1, -0.05) is 16.8 Å². The summed E-state index contributed by atoms with van der Waals surface area (Å²) in [6, 6.07) is 8.99. The van der Waals surface area contributed by atoms with Crippen molar-refractivity contribution in [2.75, 3.05) is 5.32 Å². The van der Waals surface area contributed by atoms with Crippen molar-refractivity contribution in [3.63, 3.8) is 0 Å². The maximum atomic E-state index is 5.83. The van der Waals surface area contributed by atoms with Gasteiger partial charge in [0, 0.05) is 16.7 Å². The molecule has 0 saturated heterocycles. The van der Waals surface area contributed by atoms with E-state index < -0.39 is 0 Å². The van der Waals surface area contributed by atoms with Gasteiger partial charge in [-0.3, -0.25) is 0 Å². The molecule has 0 fully saturated rings. The molecule has 2 heterocycles. The number of nitrogens with zero attached hydrogens (tertiary/aromatic N) is 3. The minimum atomic E-state index is 0.382. The molecule has 6 nitrogen and oxygen atoms in total. The monoisotopic (exact) mass is 290 g/mol. The van der Waals surface area contributed by atoms with Crippen LogP contribution in [0.25, 0.3) is 11.5 Å². The number of benzene rings is 1. The summed E-state index contributed by atoms with van der Waals surface area (Å²) in [6.45, 7) is 2.20. The minimum absolute atomic E-state index is 0.382. The van der Waals surface area contributed by atoms with Crippen LogP contribution in [0.1, 0.15) is 11.7 Å². The van der Waals surface area contributed by atoms with Crippen molar-refractivity contribution in [3.8, 4) is 11.5 Å². The molecule has 0 aliphatic heterocycles. The summed E-state index contributed by atoms with van der Waals surface area (Å²) in [7, 11) is 0. The summed E-state index contributed by atoms with van der Waals surface area (Å²) in [5.41, 5.74) is 0.824. The summed E-state index contributed by atoms with van der Waals surface area (Å²) < 4.78 is 10.5. The van der Waals surface area contributed by atoms with Crippen molar-refractivity contribution in [1.29, 1.82) is 0 Å². The predicted molar refractivity (Wildman–Crippen MR) is 73.3 cm³/mol. The lowest BCUT2D eigenvalue weighted by atomic mass is 10.2. The van der Waals surface area contributed by atoms with Crippen molar-refractivity contribution >= 4 is 17.4 Å².